The summed E-state index contributed by atoms with van der Waals surface area (Å²) in [7, 11) is 7.64. The van der Waals surface area contributed by atoms with Crippen LogP contribution in [0.5, 0.6) is 0 Å². The van der Waals surface area contributed by atoms with Crippen molar-refractivity contribution in [3.05, 3.63) is 0 Å². The number of hydrogen-bond donors (Lipinski definition) is 2. The molecule has 2 saturated carbocycles. The first-order valence-electron chi connectivity index (χ1n) is 17.9. The van der Waals surface area contributed by atoms with Crippen molar-refractivity contribution in [3.8, 4) is 0 Å². The Hall–Kier alpha value is -1.14. The average Bonchev–Trinajstić information content (AvgIpc) is 3.80. The number of nitrogens with zero attached hydrogens (tertiary/aromatic N) is 2. The van der Waals surface area contributed by atoms with Crippen LogP contribution in [0.1, 0.15) is 92.9 Å². The van der Waals surface area contributed by atoms with Gasteiger partial charge >= 0.3 is 5.97 Å². The predicted octanol–water partition coefficient (Wildman–Crippen LogP) is 3.88. The van der Waals surface area contributed by atoms with Crippen LogP contribution in [0.3, 0.4) is 0 Å². The fraction of sp³-hybridized carbons (Fsp3) is 0.944. The van der Waals surface area contributed by atoms with E-state index >= 15 is 0 Å². The average molecular weight is 652 g/mol. The van der Waals surface area contributed by atoms with E-state index in [0.29, 0.717) is 24.8 Å². The van der Waals surface area contributed by atoms with Gasteiger partial charge in [0.15, 0.2) is 12.1 Å². The standard InChI is InChI=1S/C36H65N3O7/c1-22-19-36(6,43-10)32(46-33-30(40)29(38(7)8)15-23(2)45-33)24(3)31(41)35(4,5)34(42)44-21-28(39(9)20-22)18-26-16-27(17-26)37-14-13-25-11-12-25/h22-30,32-33,37,40H,11-21H2,1-10H3/t22-,23-,24+,26?,27?,28-,29+,30-,32-,33+,36-/m1/s1. The smallest absolute Gasteiger partial charge is 0.319 e. The quantitative estimate of drug-likeness (QED) is 0.267. The number of methoxy groups -OCH3 is 1. The van der Waals surface area contributed by atoms with Gasteiger partial charge in [0.25, 0.3) is 0 Å². The molecule has 0 aromatic carbocycles. The maximum atomic E-state index is 14.2. The van der Waals surface area contributed by atoms with Crippen LogP contribution in [-0.2, 0) is 28.5 Å². The number of likely N-dealkylation sites (N-methyl/N-ethyl adjacent to an activating group) is 2. The predicted molar refractivity (Wildman–Crippen MR) is 178 cm³/mol. The first-order valence-corrected chi connectivity index (χ1v) is 17.9. The molecule has 0 radical (unpaired) electrons. The van der Waals surface area contributed by atoms with Crippen molar-refractivity contribution in [1.82, 2.24) is 15.1 Å². The summed E-state index contributed by atoms with van der Waals surface area (Å²) < 4.78 is 25.0. The molecule has 0 unspecified atom stereocenters. The Labute approximate surface area is 278 Å². The Kier molecular flexibility index (Phi) is 12.8. The maximum absolute atomic E-state index is 14.2. The number of carbonyl (C=O) groups is 2. The molecular weight excluding hydrogens is 586 g/mol. The Morgan fingerprint density at radius 1 is 1.07 bits per heavy atom. The molecule has 2 aliphatic carbocycles. The van der Waals surface area contributed by atoms with E-state index in [0.717, 1.165) is 38.3 Å². The van der Waals surface area contributed by atoms with E-state index in [9.17, 15) is 14.7 Å². The summed E-state index contributed by atoms with van der Waals surface area (Å²) >= 11 is 0. The summed E-state index contributed by atoms with van der Waals surface area (Å²) in [5.41, 5.74) is -2.29. The number of aliphatic hydroxyl groups is 1. The topological polar surface area (TPSA) is 110 Å². The van der Waals surface area contributed by atoms with Crippen LogP contribution in [0.4, 0.5) is 0 Å². The molecule has 46 heavy (non-hydrogen) atoms. The first kappa shape index (κ1) is 37.7. The fourth-order valence-electron chi connectivity index (χ4n) is 8.22. The highest BCUT2D eigenvalue weighted by Gasteiger charge is 2.51. The molecule has 2 heterocycles. The summed E-state index contributed by atoms with van der Waals surface area (Å²) in [6, 6.07) is 0.484. The van der Waals surface area contributed by atoms with Gasteiger partial charge < -0.3 is 34.3 Å². The van der Waals surface area contributed by atoms with Gasteiger partial charge in [-0.15, -0.1) is 0 Å². The molecule has 10 nitrogen and oxygen atoms in total. The summed E-state index contributed by atoms with van der Waals surface area (Å²) in [4.78, 5) is 32.2. The van der Waals surface area contributed by atoms with Gasteiger partial charge in [-0.05, 0) is 112 Å². The molecule has 4 aliphatic rings. The molecule has 4 fully saturated rings. The number of cyclic esters (lactones) is 1. The third-order valence-electron chi connectivity index (χ3n) is 11.5. The fourth-order valence-corrected chi connectivity index (χ4v) is 8.22. The van der Waals surface area contributed by atoms with E-state index < -0.39 is 41.4 Å². The highest BCUT2D eigenvalue weighted by molar-refractivity contribution is 6.04. The molecule has 2 saturated heterocycles. The Morgan fingerprint density at radius 3 is 2.35 bits per heavy atom. The number of esters is 1. The van der Waals surface area contributed by atoms with Gasteiger partial charge in [-0.1, -0.05) is 26.7 Å². The van der Waals surface area contributed by atoms with Crippen LogP contribution in [0.2, 0.25) is 0 Å². The zero-order valence-corrected chi connectivity index (χ0v) is 30.4. The van der Waals surface area contributed by atoms with Crippen molar-refractivity contribution >= 4 is 11.8 Å². The molecule has 4 rings (SSSR count). The van der Waals surface area contributed by atoms with E-state index in [1.54, 1.807) is 27.9 Å². The second-order valence-corrected chi connectivity index (χ2v) is 16.4. The summed E-state index contributed by atoms with van der Waals surface area (Å²) in [6.45, 7) is 13.4. The van der Waals surface area contributed by atoms with Gasteiger partial charge in [0, 0.05) is 37.7 Å². The molecule has 0 aromatic rings. The number of aliphatic hydroxyl groups excluding tert-OH is 1. The zero-order valence-electron chi connectivity index (χ0n) is 30.4. The minimum atomic E-state index is -1.39. The lowest BCUT2D eigenvalue weighted by Gasteiger charge is -2.47. The number of ketones is 1. The lowest BCUT2D eigenvalue weighted by molar-refractivity contribution is -0.295. The molecule has 0 amide bonds. The Bertz CT molecular complexity index is 1020. The molecular formula is C36H65N3O7. The first-order chi connectivity index (χ1) is 21.5. The van der Waals surface area contributed by atoms with Crippen molar-refractivity contribution in [2.24, 2.45) is 29.1 Å². The number of Topliss-reactive ketones (excluding diaryl/α,β-unsaturated/α-hetero) is 1. The highest BCUT2D eigenvalue weighted by Crippen LogP contribution is 2.39. The molecule has 266 valence electrons. The van der Waals surface area contributed by atoms with Crippen LogP contribution in [0.15, 0.2) is 0 Å². The lowest BCUT2D eigenvalue weighted by atomic mass is 9.74. The molecule has 10 heteroatoms. The summed E-state index contributed by atoms with van der Waals surface area (Å²) in [5, 5.41) is 15.1. The second kappa shape index (κ2) is 15.6. The van der Waals surface area contributed by atoms with Gasteiger partial charge in [0.05, 0.1) is 17.8 Å². The number of carbonyl (C=O) groups excluding carboxylic acids is 2. The number of rotatable bonds is 10. The molecule has 0 spiro atoms. The lowest BCUT2D eigenvalue weighted by Crippen LogP contribution is -2.59. The third-order valence-corrected chi connectivity index (χ3v) is 11.5. The van der Waals surface area contributed by atoms with Gasteiger partial charge in [-0.3, -0.25) is 14.5 Å². The van der Waals surface area contributed by atoms with E-state index in [1.807, 2.05) is 32.8 Å². The molecule has 2 aliphatic heterocycles. The van der Waals surface area contributed by atoms with Gasteiger partial charge in [0.1, 0.15) is 18.1 Å². The summed E-state index contributed by atoms with van der Waals surface area (Å²) in [6.07, 6.45) is 5.84. The van der Waals surface area contributed by atoms with Crippen LogP contribution in [0, 0.1) is 29.1 Å². The minimum absolute atomic E-state index is 0.0592. The monoisotopic (exact) mass is 651 g/mol. The minimum Gasteiger partial charge on any atom is -0.463 e. The van der Waals surface area contributed by atoms with Crippen molar-refractivity contribution in [2.75, 3.05) is 47.9 Å². The van der Waals surface area contributed by atoms with Crippen LogP contribution in [-0.4, -0.2) is 123 Å². The molecule has 9 atom stereocenters. The van der Waals surface area contributed by atoms with Crippen LogP contribution < -0.4 is 5.32 Å². The zero-order chi connectivity index (χ0) is 34.0. The van der Waals surface area contributed by atoms with E-state index in [2.05, 4.69) is 24.2 Å². The molecule has 0 bridgehead atoms. The van der Waals surface area contributed by atoms with Crippen molar-refractivity contribution < 1.29 is 33.6 Å². The number of hydrogen-bond acceptors (Lipinski definition) is 10. The van der Waals surface area contributed by atoms with Crippen LogP contribution >= 0.6 is 0 Å². The Balaban J connectivity index is 1.52. The molecule has 0 aromatic heterocycles. The molecule has 2 N–H and O–H groups in total. The van der Waals surface area contributed by atoms with E-state index in [-0.39, 0.29) is 36.5 Å². The van der Waals surface area contributed by atoms with Gasteiger partial charge in [-0.2, -0.15) is 0 Å². The Morgan fingerprint density at radius 2 is 1.74 bits per heavy atom. The van der Waals surface area contributed by atoms with Crippen molar-refractivity contribution in [2.45, 2.75) is 141 Å². The van der Waals surface area contributed by atoms with E-state index in [1.165, 1.54) is 19.3 Å². The number of ether oxygens (including phenoxy) is 4. The normalized spacial score (nSPS) is 41.7. The van der Waals surface area contributed by atoms with Gasteiger partial charge in [-0.25, -0.2) is 0 Å². The third kappa shape index (κ3) is 9.10. The highest BCUT2D eigenvalue weighted by atomic mass is 16.7. The van der Waals surface area contributed by atoms with Crippen LogP contribution in [0.25, 0.3) is 0 Å². The van der Waals surface area contributed by atoms with Crippen molar-refractivity contribution in [1.29, 1.82) is 0 Å². The largest absolute Gasteiger partial charge is 0.463 e. The number of nitrogens with one attached hydrogen (secondary N) is 1. The van der Waals surface area contributed by atoms with E-state index in [4.69, 9.17) is 18.9 Å². The van der Waals surface area contributed by atoms with Crippen molar-refractivity contribution in [3.63, 3.8) is 0 Å². The SMILES string of the molecule is CO[C@]1(C)C[C@@H](C)CN(C)[C@H](CC2CC(NCCC3CC3)C2)COC(=O)C(C)(C)C(=O)[C@H](C)[C@H]1O[C@@H]1O[C@H](C)C[C@H](N(C)C)[C@H]1O. The summed E-state index contributed by atoms with van der Waals surface area (Å²) in [5.74, 6) is 0.183. The van der Waals surface area contributed by atoms with Gasteiger partial charge in [0.2, 0.25) is 0 Å². The second-order valence-electron chi connectivity index (χ2n) is 16.4. The maximum Gasteiger partial charge on any atom is 0.319 e.